The zero-order chi connectivity index (χ0) is 6.57. The van der Waals surface area contributed by atoms with E-state index in [1.807, 2.05) is 0 Å². The summed E-state index contributed by atoms with van der Waals surface area (Å²) in [6.07, 6.45) is -0.653. The van der Waals surface area contributed by atoms with Crippen LogP contribution in [0.5, 0.6) is 0 Å². The van der Waals surface area contributed by atoms with E-state index in [4.69, 9.17) is 10.8 Å². The van der Waals surface area contributed by atoms with Crippen molar-refractivity contribution in [2.45, 2.75) is 19.1 Å². The van der Waals surface area contributed by atoms with Crippen LogP contribution in [0.3, 0.4) is 0 Å². The molecule has 2 unspecified atom stereocenters. The number of nitrogens with two attached hydrogens (primary N) is 2. The molecule has 50 valence electrons. The van der Waals surface area contributed by atoms with Crippen molar-refractivity contribution >= 4 is 0 Å². The van der Waals surface area contributed by atoms with Crippen LogP contribution in [0.1, 0.15) is 6.92 Å². The molecule has 0 rings (SSSR count). The lowest BCUT2D eigenvalue weighted by Gasteiger charge is -2.11. The Morgan fingerprint density at radius 1 is 1.75 bits per heavy atom. The Labute approximate surface area is 48.4 Å². The molecule has 0 spiro atoms. The Kier molecular flexibility index (Phi) is 3.72. The van der Waals surface area contributed by atoms with Gasteiger partial charge in [0.05, 0.1) is 12.7 Å². The molecule has 2 atom stereocenters. The molecule has 0 aliphatic heterocycles. The largest absolute Gasteiger partial charge is 0.389 e. The minimum absolute atomic E-state index is 0.0949. The van der Waals surface area contributed by atoms with Crippen molar-refractivity contribution in [2.75, 3.05) is 6.61 Å². The van der Waals surface area contributed by atoms with Gasteiger partial charge in [-0.05, 0) is 6.92 Å². The Balaban J connectivity index is 3.17. The maximum absolute atomic E-state index is 8.80. The second kappa shape index (κ2) is 3.80. The fraction of sp³-hybridized carbons (Fsp3) is 1.00. The van der Waals surface area contributed by atoms with Gasteiger partial charge in [-0.1, -0.05) is 0 Å². The van der Waals surface area contributed by atoms with E-state index in [0.717, 1.165) is 0 Å². The lowest BCUT2D eigenvalue weighted by Crippen LogP contribution is -2.35. The highest BCUT2D eigenvalue weighted by atomic mass is 16.6. The molecule has 0 aliphatic carbocycles. The van der Waals surface area contributed by atoms with Crippen LogP contribution in [0.4, 0.5) is 0 Å². The molecule has 0 heterocycles. The molecule has 0 amide bonds. The minimum Gasteiger partial charge on any atom is -0.389 e. The predicted molar refractivity (Wildman–Crippen MR) is 29.8 cm³/mol. The highest BCUT2D eigenvalue weighted by molar-refractivity contribution is 4.63. The highest BCUT2D eigenvalue weighted by Crippen LogP contribution is 1.86. The van der Waals surface area contributed by atoms with E-state index < -0.39 is 6.10 Å². The van der Waals surface area contributed by atoms with Gasteiger partial charge in [-0.3, -0.25) is 0 Å². The third-order valence-corrected chi connectivity index (χ3v) is 0.874. The van der Waals surface area contributed by atoms with Crippen molar-refractivity contribution in [1.29, 1.82) is 0 Å². The Bertz CT molecular complexity index is 58.0. The first-order valence-electron chi connectivity index (χ1n) is 2.43. The summed E-state index contributed by atoms with van der Waals surface area (Å²) in [4.78, 5) is 4.13. The summed E-state index contributed by atoms with van der Waals surface area (Å²) in [5.41, 5.74) is 5.24. The second-order valence-corrected chi connectivity index (χ2v) is 1.76. The van der Waals surface area contributed by atoms with E-state index in [1.165, 1.54) is 0 Å². The first-order chi connectivity index (χ1) is 3.68. The van der Waals surface area contributed by atoms with Crippen molar-refractivity contribution in [2.24, 2.45) is 11.6 Å². The van der Waals surface area contributed by atoms with Crippen LogP contribution < -0.4 is 11.6 Å². The van der Waals surface area contributed by atoms with Crippen LogP contribution in [0.2, 0.25) is 0 Å². The minimum atomic E-state index is -0.653. The summed E-state index contributed by atoms with van der Waals surface area (Å²) >= 11 is 0. The van der Waals surface area contributed by atoms with Crippen LogP contribution in [-0.4, -0.2) is 23.9 Å². The number of aliphatic hydroxyl groups excluding tert-OH is 1. The zero-order valence-electron chi connectivity index (χ0n) is 4.87. The van der Waals surface area contributed by atoms with E-state index >= 15 is 0 Å². The molecule has 0 radical (unpaired) electrons. The van der Waals surface area contributed by atoms with Crippen LogP contribution in [0.15, 0.2) is 0 Å². The van der Waals surface area contributed by atoms with Crippen molar-refractivity contribution in [3.63, 3.8) is 0 Å². The Hall–Kier alpha value is -0.160. The molecular formula is C4H12N2O2. The SMILES string of the molecule is CC(N)C(O)CON. The van der Waals surface area contributed by atoms with Gasteiger partial charge in [0.15, 0.2) is 0 Å². The van der Waals surface area contributed by atoms with Crippen LogP contribution in [0.25, 0.3) is 0 Å². The molecule has 4 nitrogen and oxygen atoms in total. The molecule has 0 bridgehead atoms. The van der Waals surface area contributed by atoms with Crippen LogP contribution >= 0.6 is 0 Å². The third-order valence-electron chi connectivity index (χ3n) is 0.874. The molecule has 4 heteroatoms. The average molecular weight is 120 g/mol. The topological polar surface area (TPSA) is 81.5 Å². The van der Waals surface area contributed by atoms with Crippen molar-refractivity contribution < 1.29 is 9.94 Å². The van der Waals surface area contributed by atoms with Crippen molar-refractivity contribution in [3.05, 3.63) is 0 Å². The summed E-state index contributed by atoms with van der Waals surface area (Å²) in [7, 11) is 0. The number of hydrogen-bond acceptors (Lipinski definition) is 4. The molecule has 0 aromatic heterocycles. The van der Waals surface area contributed by atoms with E-state index in [-0.39, 0.29) is 12.6 Å². The van der Waals surface area contributed by atoms with Gasteiger partial charge in [0, 0.05) is 6.04 Å². The van der Waals surface area contributed by atoms with E-state index in [0.29, 0.717) is 0 Å². The van der Waals surface area contributed by atoms with Gasteiger partial charge in [0.1, 0.15) is 0 Å². The summed E-state index contributed by atoms with van der Waals surface area (Å²) < 4.78 is 0. The monoisotopic (exact) mass is 120 g/mol. The van der Waals surface area contributed by atoms with Gasteiger partial charge in [-0.25, -0.2) is 5.90 Å². The van der Waals surface area contributed by atoms with Gasteiger partial charge >= 0.3 is 0 Å². The maximum atomic E-state index is 8.80. The third kappa shape index (κ3) is 2.92. The van der Waals surface area contributed by atoms with E-state index in [9.17, 15) is 0 Å². The fourth-order valence-corrected chi connectivity index (χ4v) is 0.250. The van der Waals surface area contributed by atoms with Gasteiger partial charge in [-0.15, -0.1) is 0 Å². The maximum Gasteiger partial charge on any atom is 0.0953 e. The quantitative estimate of drug-likeness (QED) is 0.399. The Morgan fingerprint density at radius 2 is 2.25 bits per heavy atom. The molecule has 0 saturated heterocycles. The lowest BCUT2D eigenvalue weighted by atomic mass is 10.2. The summed E-state index contributed by atoms with van der Waals surface area (Å²) in [6.45, 7) is 1.78. The van der Waals surface area contributed by atoms with Crippen molar-refractivity contribution in [1.82, 2.24) is 0 Å². The summed E-state index contributed by atoms with van der Waals surface area (Å²) in [6, 6.07) is -0.279. The lowest BCUT2D eigenvalue weighted by molar-refractivity contribution is 0.0262. The molecule has 0 aromatic carbocycles. The molecule has 5 N–H and O–H groups in total. The zero-order valence-corrected chi connectivity index (χ0v) is 4.87. The standard InChI is InChI=1S/C4H12N2O2/c1-3(5)4(7)2-8-6/h3-4,7H,2,5-6H2,1H3. The molecular weight excluding hydrogens is 108 g/mol. The Morgan fingerprint density at radius 3 is 2.38 bits per heavy atom. The summed E-state index contributed by atoms with van der Waals surface area (Å²) in [5, 5.41) is 8.80. The van der Waals surface area contributed by atoms with Gasteiger partial charge in [-0.2, -0.15) is 0 Å². The first-order valence-corrected chi connectivity index (χ1v) is 2.43. The number of rotatable bonds is 3. The molecule has 0 aromatic rings. The van der Waals surface area contributed by atoms with Crippen LogP contribution in [0, 0.1) is 0 Å². The fourth-order valence-electron chi connectivity index (χ4n) is 0.250. The van der Waals surface area contributed by atoms with Crippen LogP contribution in [-0.2, 0) is 4.84 Å². The average Bonchev–Trinajstić information content (AvgIpc) is 1.67. The van der Waals surface area contributed by atoms with Gasteiger partial charge in [0.2, 0.25) is 0 Å². The predicted octanol–water partition coefficient (Wildman–Crippen LogP) is -1.42. The first kappa shape index (κ1) is 7.84. The smallest absolute Gasteiger partial charge is 0.0953 e. The normalized spacial score (nSPS) is 18.0. The van der Waals surface area contributed by atoms with Gasteiger partial charge in [0.25, 0.3) is 0 Å². The van der Waals surface area contributed by atoms with E-state index in [2.05, 4.69) is 10.7 Å². The van der Waals surface area contributed by atoms with E-state index in [1.54, 1.807) is 6.92 Å². The van der Waals surface area contributed by atoms with Gasteiger partial charge < -0.3 is 15.7 Å². The highest BCUT2D eigenvalue weighted by Gasteiger charge is 2.07. The molecule has 0 fully saturated rings. The molecule has 0 saturated carbocycles. The second-order valence-electron chi connectivity index (χ2n) is 1.76. The molecule has 0 aliphatic rings. The number of aliphatic hydroxyl groups is 1. The van der Waals surface area contributed by atoms with Crippen molar-refractivity contribution in [3.8, 4) is 0 Å². The number of hydrogen-bond donors (Lipinski definition) is 3. The summed E-state index contributed by atoms with van der Waals surface area (Å²) in [5.74, 6) is 4.65. The molecule has 8 heavy (non-hydrogen) atoms.